The number of aryl methyl sites for hydroxylation is 1. The molecule has 0 aromatic heterocycles. The van der Waals surface area contributed by atoms with E-state index in [-0.39, 0.29) is 18.2 Å². The summed E-state index contributed by atoms with van der Waals surface area (Å²) in [6.07, 6.45) is 1.13. The van der Waals surface area contributed by atoms with Crippen molar-refractivity contribution >= 4 is 23.7 Å². The first-order valence-corrected chi connectivity index (χ1v) is 9.22. The van der Waals surface area contributed by atoms with Gasteiger partial charge in [0.05, 0.1) is 18.2 Å². The predicted molar refractivity (Wildman–Crippen MR) is 99.8 cm³/mol. The Kier molecular flexibility index (Phi) is 7.84. The molecule has 0 atom stereocenters. The summed E-state index contributed by atoms with van der Waals surface area (Å²) in [4.78, 5) is 25.3. The number of hydrogen-bond donors (Lipinski definition) is 2. The Morgan fingerprint density at radius 3 is 2.73 bits per heavy atom. The van der Waals surface area contributed by atoms with Gasteiger partial charge in [-0.2, -0.15) is 0 Å². The Hall–Kier alpha value is -2.15. The average Bonchev–Trinajstić information content (AvgIpc) is 2.62. The molecule has 1 aliphatic heterocycles. The molecule has 7 nitrogen and oxygen atoms in total. The molecule has 2 rings (SSSR count). The Bertz CT molecular complexity index is 618. The van der Waals surface area contributed by atoms with Gasteiger partial charge in [-0.15, -0.1) is 0 Å². The maximum absolute atomic E-state index is 12.0. The fourth-order valence-electron chi connectivity index (χ4n) is 2.70. The first-order chi connectivity index (χ1) is 12.5. The molecule has 0 radical (unpaired) electrons. The highest BCUT2D eigenvalue weighted by Gasteiger charge is 2.24. The maximum atomic E-state index is 12.0. The molecule has 2 N–H and O–H groups in total. The van der Waals surface area contributed by atoms with Crippen LogP contribution in [0.3, 0.4) is 0 Å². The highest BCUT2D eigenvalue weighted by atomic mass is 35.5. The van der Waals surface area contributed by atoms with Crippen molar-refractivity contribution in [3.05, 3.63) is 28.8 Å². The second-order valence-corrected chi connectivity index (χ2v) is 6.55. The molecule has 1 aliphatic rings. The zero-order valence-corrected chi connectivity index (χ0v) is 16.0. The van der Waals surface area contributed by atoms with Crippen molar-refractivity contribution in [2.24, 2.45) is 0 Å². The molecule has 0 spiro atoms. The van der Waals surface area contributed by atoms with Gasteiger partial charge < -0.3 is 25.0 Å². The van der Waals surface area contributed by atoms with E-state index in [4.69, 9.17) is 21.1 Å². The molecule has 0 bridgehead atoms. The summed E-state index contributed by atoms with van der Waals surface area (Å²) in [7, 11) is 0. The Labute approximate surface area is 159 Å². The zero-order chi connectivity index (χ0) is 18.9. The third-order valence-electron chi connectivity index (χ3n) is 4.09. The molecule has 26 heavy (non-hydrogen) atoms. The number of carbonyl (C=O) groups is 2. The Morgan fingerprint density at radius 1 is 1.31 bits per heavy atom. The van der Waals surface area contributed by atoms with Crippen molar-refractivity contribution < 1.29 is 19.1 Å². The van der Waals surface area contributed by atoms with E-state index in [0.717, 1.165) is 5.56 Å². The molecular formula is C18H26ClN3O4. The summed E-state index contributed by atoms with van der Waals surface area (Å²) in [5, 5.41) is 6.23. The molecule has 0 unspecified atom stereocenters. The molecule has 144 valence electrons. The molecule has 8 heteroatoms. The number of hydrogen-bond acceptors (Lipinski definition) is 4. The highest BCUT2D eigenvalue weighted by molar-refractivity contribution is 6.32. The van der Waals surface area contributed by atoms with Crippen molar-refractivity contribution in [3.8, 4) is 5.75 Å². The van der Waals surface area contributed by atoms with Gasteiger partial charge in [-0.1, -0.05) is 17.7 Å². The summed E-state index contributed by atoms with van der Waals surface area (Å²) >= 11 is 6.06. The highest BCUT2D eigenvalue weighted by Crippen LogP contribution is 2.24. The van der Waals surface area contributed by atoms with Gasteiger partial charge in [0.15, 0.2) is 0 Å². The molecule has 1 fully saturated rings. The van der Waals surface area contributed by atoms with Gasteiger partial charge in [-0.05, 0) is 44.4 Å². The SMILES string of the molecule is CCOC(=O)N1CCC(NC(=O)NCCOc2cc(C)ccc2Cl)CC1. The molecule has 1 saturated heterocycles. The fraction of sp³-hybridized carbons (Fsp3) is 0.556. The van der Waals surface area contributed by atoms with Crippen LogP contribution in [0.25, 0.3) is 0 Å². The number of piperidine rings is 1. The van der Waals surface area contributed by atoms with Crippen molar-refractivity contribution in [1.82, 2.24) is 15.5 Å². The quantitative estimate of drug-likeness (QED) is 0.740. The van der Waals surface area contributed by atoms with Gasteiger partial charge in [0.25, 0.3) is 0 Å². The third-order valence-corrected chi connectivity index (χ3v) is 4.40. The van der Waals surface area contributed by atoms with Crippen molar-refractivity contribution in [3.63, 3.8) is 0 Å². The number of halogens is 1. The second-order valence-electron chi connectivity index (χ2n) is 6.14. The van der Waals surface area contributed by atoms with Crippen LogP contribution in [-0.2, 0) is 4.74 Å². The first kappa shape index (κ1) is 20.2. The number of nitrogens with zero attached hydrogens (tertiary/aromatic N) is 1. The van der Waals surface area contributed by atoms with E-state index in [1.807, 2.05) is 19.1 Å². The monoisotopic (exact) mass is 383 g/mol. The number of urea groups is 1. The smallest absolute Gasteiger partial charge is 0.409 e. The van der Waals surface area contributed by atoms with Gasteiger partial charge in [-0.25, -0.2) is 9.59 Å². The number of benzene rings is 1. The summed E-state index contributed by atoms with van der Waals surface area (Å²) < 4.78 is 10.6. The minimum atomic E-state index is -0.289. The summed E-state index contributed by atoms with van der Waals surface area (Å²) in [5.41, 5.74) is 1.06. The molecule has 1 aromatic carbocycles. The lowest BCUT2D eigenvalue weighted by atomic mass is 10.1. The van der Waals surface area contributed by atoms with Crippen LogP contribution in [0.15, 0.2) is 18.2 Å². The van der Waals surface area contributed by atoms with Crippen LogP contribution >= 0.6 is 11.6 Å². The summed E-state index contributed by atoms with van der Waals surface area (Å²) in [5.74, 6) is 0.611. The second kappa shape index (κ2) is 10.1. The molecular weight excluding hydrogens is 358 g/mol. The van der Waals surface area contributed by atoms with E-state index in [1.165, 1.54) is 0 Å². The van der Waals surface area contributed by atoms with Gasteiger partial charge in [0.2, 0.25) is 0 Å². The van der Waals surface area contributed by atoms with Crippen LogP contribution in [-0.4, -0.2) is 55.9 Å². The number of amides is 3. The van der Waals surface area contributed by atoms with E-state index >= 15 is 0 Å². The van der Waals surface area contributed by atoms with Crippen LogP contribution in [0.1, 0.15) is 25.3 Å². The van der Waals surface area contributed by atoms with Crippen LogP contribution < -0.4 is 15.4 Å². The molecule has 0 aliphatic carbocycles. The minimum Gasteiger partial charge on any atom is -0.490 e. The molecule has 1 heterocycles. The number of ether oxygens (including phenoxy) is 2. The van der Waals surface area contributed by atoms with Gasteiger partial charge in [0.1, 0.15) is 12.4 Å². The van der Waals surface area contributed by atoms with E-state index in [0.29, 0.717) is 56.5 Å². The minimum absolute atomic E-state index is 0.0489. The maximum Gasteiger partial charge on any atom is 0.409 e. The van der Waals surface area contributed by atoms with Crippen molar-refractivity contribution in [2.75, 3.05) is 32.8 Å². The van der Waals surface area contributed by atoms with Gasteiger partial charge in [0, 0.05) is 19.1 Å². The van der Waals surface area contributed by atoms with Crippen LogP contribution in [0.2, 0.25) is 5.02 Å². The number of nitrogens with one attached hydrogen (secondary N) is 2. The lowest BCUT2D eigenvalue weighted by Gasteiger charge is -2.31. The molecule has 3 amide bonds. The van der Waals surface area contributed by atoms with Crippen LogP contribution in [0, 0.1) is 6.92 Å². The summed E-state index contributed by atoms with van der Waals surface area (Å²) in [6.45, 7) is 5.98. The molecule has 0 saturated carbocycles. The number of carbonyl (C=O) groups excluding carboxylic acids is 2. The van der Waals surface area contributed by atoms with Crippen LogP contribution in [0.5, 0.6) is 5.75 Å². The summed E-state index contributed by atoms with van der Waals surface area (Å²) in [6, 6.07) is 5.37. The molecule has 1 aromatic rings. The topological polar surface area (TPSA) is 79.9 Å². The lowest BCUT2D eigenvalue weighted by Crippen LogP contribution is -2.49. The fourth-order valence-corrected chi connectivity index (χ4v) is 2.88. The van der Waals surface area contributed by atoms with Crippen molar-refractivity contribution in [1.29, 1.82) is 0 Å². The van der Waals surface area contributed by atoms with E-state index in [2.05, 4.69) is 10.6 Å². The van der Waals surface area contributed by atoms with Crippen molar-refractivity contribution in [2.45, 2.75) is 32.7 Å². The van der Waals surface area contributed by atoms with Gasteiger partial charge in [-0.3, -0.25) is 0 Å². The Morgan fingerprint density at radius 2 is 2.04 bits per heavy atom. The normalized spacial score (nSPS) is 14.7. The first-order valence-electron chi connectivity index (χ1n) is 8.84. The standard InChI is InChI=1S/C18H26ClN3O4/c1-3-25-18(24)22-9-6-14(7-10-22)21-17(23)20-8-11-26-16-12-13(2)4-5-15(16)19/h4-5,12,14H,3,6-11H2,1-2H3,(H2,20,21,23). The predicted octanol–water partition coefficient (Wildman–Crippen LogP) is 2.95. The average molecular weight is 384 g/mol. The van der Waals surface area contributed by atoms with Gasteiger partial charge >= 0.3 is 12.1 Å². The number of likely N-dealkylation sites (tertiary alicyclic amines) is 1. The largest absolute Gasteiger partial charge is 0.490 e. The number of rotatable bonds is 6. The third kappa shape index (κ3) is 6.29. The van der Waals surface area contributed by atoms with E-state index < -0.39 is 0 Å². The zero-order valence-electron chi connectivity index (χ0n) is 15.2. The van der Waals surface area contributed by atoms with E-state index in [1.54, 1.807) is 17.9 Å². The Balaban J connectivity index is 1.62. The van der Waals surface area contributed by atoms with Crippen LogP contribution in [0.4, 0.5) is 9.59 Å². The lowest BCUT2D eigenvalue weighted by molar-refractivity contribution is 0.0957. The van der Waals surface area contributed by atoms with E-state index in [9.17, 15) is 9.59 Å².